The molecular weight excluding hydrogens is 345 g/mol. The average molecular weight is 365 g/mol. The largest absolute Gasteiger partial charge is 0.346 e. The second kappa shape index (κ2) is 6.66. The molecule has 1 aromatic heterocycles. The lowest BCUT2D eigenvalue weighted by molar-refractivity contribution is -0.117. The van der Waals surface area contributed by atoms with E-state index in [-0.39, 0.29) is 17.4 Å². The minimum Gasteiger partial charge on any atom is -0.346 e. The van der Waals surface area contributed by atoms with Crippen LogP contribution in [-0.2, 0) is 11.8 Å². The summed E-state index contributed by atoms with van der Waals surface area (Å²) in [4.78, 5) is 24.5. The van der Waals surface area contributed by atoms with Crippen LogP contribution in [0.15, 0.2) is 30.5 Å². The summed E-state index contributed by atoms with van der Waals surface area (Å²) in [5.41, 5.74) is 1.86. The van der Waals surface area contributed by atoms with Gasteiger partial charge in [-0.25, -0.2) is 4.39 Å². The third-order valence-electron chi connectivity index (χ3n) is 5.92. The van der Waals surface area contributed by atoms with Crippen LogP contribution in [0.5, 0.6) is 0 Å². The van der Waals surface area contributed by atoms with Crippen LogP contribution in [0.25, 0.3) is 0 Å². The maximum atomic E-state index is 13.5. The van der Waals surface area contributed by atoms with Gasteiger partial charge in [0.2, 0.25) is 0 Å². The Balaban J connectivity index is 1.56. The summed E-state index contributed by atoms with van der Waals surface area (Å²) in [5, 5.41) is 11.7. The molecule has 2 aliphatic carbocycles. The van der Waals surface area contributed by atoms with Crippen molar-refractivity contribution in [2.24, 2.45) is 18.9 Å². The molecule has 1 amide bonds. The Morgan fingerprint density at radius 3 is 2.63 bits per heavy atom. The first-order valence-electron chi connectivity index (χ1n) is 9.14. The monoisotopic (exact) mass is 365 g/mol. The lowest BCUT2D eigenvalue weighted by Gasteiger charge is -2.14. The number of anilines is 1. The number of hydrogen-bond donors (Lipinski definition) is 1. The van der Waals surface area contributed by atoms with E-state index in [1.54, 1.807) is 10.6 Å². The standard InChI is InChI=1S/C21H20FN3O2/c1-25-5-4-18(14-6-12-9-17(26)10-13(12)7-14)20(25)21(27)24-16-2-3-19(22)15(8-16)11-23/h2-5,8,12-14H,6-7,9-10H2,1H3,(H,24,27). The first-order chi connectivity index (χ1) is 13.0. The molecule has 1 N–H and O–H groups in total. The molecule has 6 heteroatoms. The molecule has 0 saturated heterocycles. The van der Waals surface area contributed by atoms with Crippen molar-refractivity contribution in [3.05, 3.63) is 53.1 Å². The number of fused-ring (bicyclic) bond motifs is 1. The molecule has 1 heterocycles. The van der Waals surface area contributed by atoms with Crippen LogP contribution < -0.4 is 5.32 Å². The zero-order valence-electron chi connectivity index (χ0n) is 15.0. The van der Waals surface area contributed by atoms with Crippen molar-refractivity contribution in [3.63, 3.8) is 0 Å². The lowest BCUT2D eigenvalue weighted by Crippen LogP contribution is -2.18. The van der Waals surface area contributed by atoms with E-state index in [2.05, 4.69) is 5.32 Å². The van der Waals surface area contributed by atoms with E-state index in [0.29, 0.717) is 41.8 Å². The Bertz CT molecular complexity index is 956. The minimum atomic E-state index is -0.609. The normalized spacial score (nSPS) is 23.9. The van der Waals surface area contributed by atoms with Crippen molar-refractivity contribution in [1.29, 1.82) is 5.26 Å². The van der Waals surface area contributed by atoms with Gasteiger partial charge in [-0.3, -0.25) is 9.59 Å². The number of amides is 1. The number of benzene rings is 1. The van der Waals surface area contributed by atoms with Crippen molar-refractivity contribution in [2.45, 2.75) is 31.6 Å². The molecule has 0 bridgehead atoms. The molecule has 0 aliphatic heterocycles. The number of Topliss-reactive ketones (excluding diaryl/α,β-unsaturated/α-hetero) is 1. The topological polar surface area (TPSA) is 74.9 Å². The molecule has 1 aromatic carbocycles. The van der Waals surface area contributed by atoms with E-state index in [9.17, 15) is 14.0 Å². The maximum Gasteiger partial charge on any atom is 0.272 e. The Hall–Kier alpha value is -2.94. The molecule has 2 fully saturated rings. The highest BCUT2D eigenvalue weighted by Gasteiger charge is 2.42. The van der Waals surface area contributed by atoms with Crippen molar-refractivity contribution in [1.82, 2.24) is 4.57 Å². The zero-order chi connectivity index (χ0) is 19.1. The molecule has 2 atom stereocenters. The van der Waals surface area contributed by atoms with Crippen LogP contribution in [0.4, 0.5) is 10.1 Å². The molecule has 2 aromatic rings. The molecule has 0 spiro atoms. The molecule has 5 nitrogen and oxygen atoms in total. The Kier molecular flexibility index (Phi) is 4.31. The number of carbonyl (C=O) groups excluding carboxylic acids is 2. The molecule has 2 unspecified atom stereocenters. The second-order valence-electron chi connectivity index (χ2n) is 7.63. The van der Waals surface area contributed by atoms with Gasteiger partial charge in [0.15, 0.2) is 0 Å². The highest BCUT2D eigenvalue weighted by Crippen LogP contribution is 2.50. The van der Waals surface area contributed by atoms with E-state index in [1.807, 2.05) is 19.3 Å². The van der Waals surface area contributed by atoms with Crippen LogP contribution in [0, 0.1) is 29.0 Å². The number of rotatable bonds is 3. The summed E-state index contributed by atoms with van der Waals surface area (Å²) in [6.45, 7) is 0. The van der Waals surface area contributed by atoms with E-state index in [0.717, 1.165) is 18.4 Å². The van der Waals surface area contributed by atoms with Crippen molar-refractivity contribution < 1.29 is 14.0 Å². The van der Waals surface area contributed by atoms with Crippen molar-refractivity contribution >= 4 is 17.4 Å². The van der Waals surface area contributed by atoms with Gasteiger partial charge in [0.25, 0.3) is 5.91 Å². The van der Waals surface area contributed by atoms with Gasteiger partial charge in [0, 0.05) is 31.8 Å². The van der Waals surface area contributed by atoms with Gasteiger partial charge in [-0.2, -0.15) is 5.26 Å². The average Bonchev–Trinajstić information content (AvgIpc) is 3.28. The number of halogens is 1. The summed E-state index contributed by atoms with van der Waals surface area (Å²) in [7, 11) is 1.82. The van der Waals surface area contributed by atoms with E-state index < -0.39 is 5.82 Å². The van der Waals surface area contributed by atoms with Crippen molar-refractivity contribution in [2.75, 3.05) is 5.32 Å². The van der Waals surface area contributed by atoms with Crippen LogP contribution in [-0.4, -0.2) is 16.3 Å². The van der Waals surface area contributed by atoms with E-state index in [1.165, 1.54) is 18.2 Å². The maximum absolute atomic E-state index is 13.5. The van der Waals surface area contributed by atoms with Crippen molar-refractivity contribution in [3.8, 4) is 6.07 Å². The Labute approximate surface area is 156 Å². The highest BCUT2D eigenvalue weighted by atomic mass is 19.1. The molecule has 27 heavy (non-hydrogen) atoms. The molecule has 4 rings (SSSR count). The van der Waals surface area contributed by atoms with Gasteiger partial charge in [-0.15, -0.1) is 0 Å². The molecule has 0 radical (unpaired) electrons. The molecule has 2 saturated carbocycles. The molecule has 138 valence electrons. The summed E-state index contributed by atoms with van der Waals surface area (Å²) >= 11 is 0. The fraction of sp³-hybridized carbons (Fsp3) is 0.381. The Morgan fingerprint density at radius 2 is 1.96 bits per heavy atom. The first kappa shape index (κ1) is 17.5. The smallest absolute Gasteiger partial charge is 0.272 e. The zero-order valence-corrected chi connectivity index (χ0v) is 15.0. The summed E-state index contributed by atoms with van der Waals surface area (Å²) in [6, 6.07) is 7.72. The minimum absolute atomic E-state index is 0.104. The van der Waals surface area contributed by atoms with Gasteiger partial charge in [0.1, 0.15) is 23.4 Å². The molecular formula is C21H20FN3O2. The van der Waals surface area contributed by atoms with Gasteiger partial charge >= 0.3 is 0 Å². The number of hydrogen-bond acceptors (Lipinski definition) is 3. The van der Waals surface area contributed by atoms with Crippen LogP contribution in [0.1, 0.15) is 53.2 Å². The van der Waals surface area contributed by atoms with Crippen LogP contribution >= 0.6 is 0 Å². The van der Waals surface area contributed by atoms with E-state index in [4.69, 9.17) is 5.26 Å². The van der Waals surface area contributed by atoms with Crippen LogP contribution in [0.3, 0.4) is 0 Å². The predicted octanol–water partition coefficient (Wildman–Crippen LogP) is 3.76. The summed E-state index contributed by atoms with van der Waals surface area (Å²) in [5.74, 6) is 0.628. The quantitative estimate of drug-likeness (QED) is 0.900. The second-order valence-corrected chi connectivity index (χ2v) is 7.63. The summed E-state index contributed by atoms with van der Waals surface area (Å²) < 4.78 is 15.3. The number of carbonyl (C=O) groups is 2. The lowest BCUT2D eigenvalue weighted by atomic mass is 9.94. The first-order valence-corrected chi connectivity index (χ1v) is 9.14. The predicted molar refractivity (Wildman–Crippen MR) is 97.7 cm³/mol. The van der Waals surface area contributed by atoms with Gasteiger partial charge in [-0.1, -0.05) is 0 Å². The number of nitriles is 1. The fourth-order valence-corrected chi connectivity index (χ4v) is 4.68. The fourth-order valence-electron chi connectivity index (χ4n) is 4.68. The third kappa shape index (κ3) is 3.14. The number of aromatic nitrogens is 1. The van der Waals surface area contributed by atoms with Gasteiger partial charge in [0.05, 0.1) is 5.56 Å². The number of ketones is 1. The van der Waals surface area contributed by atoms with Crippen LogP contribution in [0.2, 0.25) is 0 Å². The number of nitrogens with zero attached hydrogens (tertiary/aromatic N) is 2. The Morgan fingerprint density at radius 1 is 1.26 bits per heavy atom. The van der Waals surface area contributed by atoms with E-state index >= 15 is 0 Å². The van der Waals surface area contributed by atoms with Gasteiger partial charge in [-0.05, 0) is 60.4 Å². The van der Waals surface area contributed by atoms with Gasteiger partial charge < -0.3 is 9.88 Å². The number of nitrogens with one attached hydrogen (secondary N) is 1. The summed E-state index contributed by atoms with van der Waals surface area (Å²) in [6.07, 6.45) is 5.09. The molecule has 2 aliphatic rings. The third-order valence-corrected chi connectivity index (χ3v) is 5.92. The highest BCUT2D eigenvalue weighted by molar-refractivity contribution is 6.04. The number of aryl methyl sites for hydroxylation is 1. The SMILES string of the molecule is Cn1ccc(C2CC3CC(=O)CC3C2)c1C(=O)Nc1ccc(F)c(C#N)c1.